The Morgan fingerprint density at radius 2 is 1.88 bits per heavy atom. The smallest absolute Gasteiger partial charge is 0.228 e. The van der Waals surface area contributed by atoms with Gasteiger partial charge in [-0.15, -0.1) is 0 Å². The highest BCUT2D eigenvalue weighted by molar-refractivity contribution is 6.01. The number of amides is 2. The van der Waals surface area contributed by atoms with Gasteiger partial charge in [0.05, 0.1) is 18.2 Å². The zero-order chi connectivity index (χ0) is 16.9. The second kappa shape index (κ2) is 7.69. The maximum absolute atomic E-state index is 12.8. The van der Waals surface area contributed by atoms with Crippen LogP contribution in [0.5, 0.6) is 5.75 Å². The summed E-state index contributed by atoms with van der Waals surface area (Å²) in [6, 6.07) is 7.56. The van der Waals surface area contributed by atoms with Gasteiger partial charge in [-0.25, -0.2) is 0 Å². The highest BCUT2D eigenvalue weighted by atomic mass is 16.5. The molecule has 2 aliphatic rings. The van der Waals surface area contributed by atoms with Crippen LogP contribution in [0.2, 0.25) is 0 Å². The van der Waals surface area contributed by atoms with Crippen LogP contribution in [0, 0.1) is 5.92 Å². The molecule has 2 amide bonds. The first-order valence-electron chi connectivity index (χ1n) is 9.01. The summed E-state index contributed by atoms with van der Waals surface area (Å²) in [4.78, 5) is 29.0. The fourth-order valence-corrected chi connectivity index (χ4v) is 3.61. The summed E-state index contributed by atoms with van der Waals surface area (Å²) in [5.41, 5.74) is 0.774. The average Bonchev–Trinajstić information content (AvgIpc) is 2.81. The van der Waals surface area contributed by atoms with Crippen molar-refractivity contribution in [1.82, 2.24) is 4.90 Å². The van der Waals surface area contributed by atoms with Crippen molar-refractivity contribution in [3.05, 3.63) is 24.3 Å². The second-order valence-electron chi connectivity index (χ2n) is 6.55. The van der Waals surface area contributed by atoms with E-state index in [1.54, 1.807) is 4.90 Å². The molecule has 2 aliphatic heterocycles. The zero-order valence-corrected chi connectivity index (χ0v) is 14.4. The molecular formula is C19H26N2O3. The Balaban J connectivity index is 1.72. The number of hydrogen-bond acceptors (Lipinski definition) is 3. The SMILES string of the molecule is CCOc1ccccc1N1CC(C(=O)N2CCCCCC2)CC1=O. The van der Waals surface area contributed by atoms with Crippen molar-refractivity contribution in [3.63, 3.8) is 0 Å². The Bertz CT molecular complexity index is 594. The molecule has 3 rings (SSSR count). The van der Waals surface area contributed by atoms with E-state index in [-0.39, 0.29) is 17.7 Å². The van der Waals surface area contributed by atoms with Crippen LogP contribution in [0.25, 0.3) is 0 Å². The number of nitrogens with zero attached hydrogens (tertiary/aromatic N) is 2. The third-order valence-corrected chi connectivity index (χ3v) is 4.85. The monoisotopic (exact) mass is 330 g/mol. The summed E-state index contributed by atoms with van der Waals surface area (Å²) < 4.78 is 5.64. The molecule has 0 radical (unpaired) electrons. The molecule has 2 heterocycles. The maximum atomic E-state index is 12.8. The van der Waals surface area contributed by atoms with Crippen molar-refractivity contribution in [1.29, 1.82) is 0 Å². The predicted octanol–water partition coefficient (Wildman–Crippen LogP) is 2.84. The first-order valence-corrected chi connectivity index (χ1v) is 9.01. The Hall–Kier alpha value is -2.04. The minimum atomic E-state index is -0.231. The number of hydrogen-bond donors (Lipinski definition) is 0. The summed E-state index contributed by atoms with van der Waals surface area (Å²) in [6.45, 7) is 4.60. The Morgan fingerprint density at radius 1 is 1.17 bits per heavy atom. The molecular weight excluding hydrogens is 304 g/mol. The van der Waals surface area contributed by atoms with Gasteiger partial charge in [0.15, 0.2) is 0 Å². The quantitative estimate of drug-likeness (QED) is 0.853. The van der Waals surface area contributed by atoms with Crippen LogP contribution in [-0.2, 0) is 9.59 Å². The zero-order valence-electron chi connectivity index (χ0n) is 14.4. The van der Waals surface area contributed by atoms with Crippen LogP contribution in [0.3, 0.4) is 0 Å². The van der Waals surface area contributed by atoms with Gasteiger partial charge in [0.1, 0.15) is 5.75 Å². The van der Waals surface area contributed by atoms with E-state index < -0.39 is 0 Å². The van der Waals surface area contributed by atoms with Crippen molar-refractivity contribution in [2.75, 3.05) is 31.1 Å². The van der Waals surface area contributed by atoms with Gasteiger partial charge in [0.25, 0.3) is 0 Å². The van der Waals surface area contributed by atoms with E-state index >= 15 is 0 Å². The van der Waals surface area contributed by atoms with Crippen molar-refractivity contribution < 1.29 is 14.3 Å². The molecule has 0 bridgehead atoms. The lowest BCUT2D eigenvalue weighted by atomic mass is 10.1. The van der Waals surface area contributed by atoms with Crippen molar-refractivity contribution in [2.24, 2.45) is 5.92 Å². The van der Waals surface area contributed by atoms with Crippen LogP contribution in [-0.4, -0.2) is 43.0 Å². The number of carbonyl (C=O) groups excluding carboxylic acids is 2. The minimum Gasteiger partial charge on any atom is -0.492 e. The number of rotatable bonds is 4. The van der Waals surface area contributed by atoms with Crippen LogP contribution in [0.15, 0.2) is 24.3 Å². The Kier molecular flexibility index (Phi) is 5.38. The van der Waals surface area contributed by atoms with Crippen LogP contribution >= 0.6 is 0 Å². The molecule has 24 heavy (non-hydrogen) atoms. The fourth-order valence-electron chi connectivity index (χ4n) is 3.61. The Labute approximate surface area is 143 Å². The standard InChI is InChI=1S/C19H26N2O3/c1-2-24-17-10-6-5-9-16(17)21-14-15(13-18(21)22)19(23)20-11-7-3-4-8-12-20/h5-6,9-10,15H,2-4,7-8,11-14H2,1H3. The first kappa shape index (κ1) is 16.8. The molecule has 2 fully saturated rings. The molecule has 1 unspecified atom stereocenters. The second-order valence-corrected chi connectivity index (χ2v) is 6.55. The van der Waals surface area contributed by atoms with E-state index in [0.29, 0.717) is 25.3 Å². The number of ether oxygens (including phenoxy) is 1. The molecule has 1 aromatic carbocycles. The molecule has 0 saturated carbocycles. The third kappa shape index (κ3) is 3.55. The molecule has 0 spiro atoms. The van der Waals surface area contributed by atoms with Gasteiger partial charge in [-0.3, -0.25) is 9.59 Å². The Morgan fingerprint density at radius 3 is 2.58 bits per heavy atom. The molecule has 0 aromatic heterocycles. The molecule has 5 nitrogen and oxygen atoms in total. The summed E-state index contributed by atoms with van der Waals surface area (Å²) in [5, 5.41) is 0. The van der Waals surface area contributed by atoms with Crippen LogP contribution < -0.4 is 9.64 Å². The van der Waals surface area contributed by atoms with E-state index in [1.165, 1.54) is 12.8 Å². The molecule has 0 N–H and O–H groups in total. The lowest BCUT2D eigenvalue weighted by molar-refractivity contribution is -0.135. The van der Waals surface area contributed by atoms with E-state index in [2.05, 4.69) is 0 Å². The molecule has 130 valence electrons. The number of carbonyl (C=O) groups is 2. The molecule has 1 aromatic rings. The average molecular weight is 330 g/mol. The molecule has 0 aliphatic carbocycles. The summed E-state index contributed by atoms with van der Waals surface area (Å²) in [5.74, 6) is 0.624. The van der Waals surface area contributed by atoms with Gasteiger partial charge < -0.3 is 14.5 Å². The molecule has 1 atom stereocenters. The maximum Gasteiger partial charge on any atom is 0.228 e. The van der Waals surface area contributed by atoms with Gasteiger partial charge in [0, 0.05) is 26.1 Å². The topological polar surface area (TPSA) is 49.9 Å². The first-order chi connectivity index (χ1) is 11.7. The summed E-state index contributed by atoms with van der Waals surface area (Å²) in [7, 11) is 0. The van der Waals surface area contributed by atoms with Gasteiger partial charge in [0.2, 0.25) is 11.8 Å². The lowest BCUT2D eigenvalue weighted by Gasteiger charge is -2.24. The third-order valence-electron chi connectivity index (χ3n) is 4.85. The van der Waals surface area contributed by atoms with Crippen molar-refractivity contribution in [2.45, 2.75) is 39.0 Å². The predicted molar refractivity (Wildman–Crippen MR) is 93.1 cm³/mol. The summed E-state index contributed by atoms with van der Waals surface area (Å²) >= 11 is 0. The number of para-hydroxylation sites is 2. The van der Waals surface area contributed by atoms with E-state index in [0.717, 1.165) is 31.6 Å². The highest BCUT2D eigenvalue weighted by Crippen LogP contribution is 2.33. The molecule has 5 heteroatoms. The lowest BCUT2D eigenvalue weighted by Crippen LogP contribution is -2.38. The van der Waals surface area contributed by atoms with Crippen LogP contribution in [0.4, 0.5) is 5.69 Å². The highest BCUT2D eigenvalue weighted by Gasteiger charge is 2.38. The van der Waals surface area contributed by atoms with E-state index in [4.69, 9.17) is 4.74 Å². The normalized spacial score (nSPS) is 21.7. The fraction of sp³-hybridized carbons (Fsp3) is 0.579. The van der Waals surface area contributed by atoms with E-state index in [1.807, 2.05) is 36.1 Å². The van der Waals surface area contributed by atoms with Gasteiger partial charge >= 0.3 is 0 Å². The van der Waals surface area contributed by atoms with Crippen molar-refractivity contribution in [3.8, 4) is 5.75 Å². The van der Waals surface area contributed by atoms with Gasteiger partial charge in [-0.1, -0.05) is 25.0 Å². The van der Waals surface area contributed by atoms with E-state index in [9.17, 15) is 9.59 Å². The van der Waals surface area contributed by atoms with Crippen molar-refractivity contribution >= 4 is 17.5 Å². The number of likely N-dealkylation sites (tertiary alicyclic amines) is 1. The number of anilines is 1. The minimum absolute atomic E-state index is 0.00956. The van der Waals surface area contributed by atoms with Gasteiger partial charge in [-0.05, 0) is 31.9 Å². The summed E-state index contributed by atoms with van der Waals surface area (Å²) in [6.07, 6.45) is 4.84. The van der Waals surface area contributed by atoms with Gasteiger partial charge in [-0.2, -0.15) is 0 Å². The van der Waals surface area contributed by atoms with Crippen LogP contribution in [0.1, 0.15) is 39.0 Å². The number of benzene rings is 1. The largest absolute Gasteiger partial charge is 0.492 e. The molecule has 2 saturated heterocycles.